The van der Waals surface area contributed by atoms with E-state index in [0.29, 0.717) is 4.75 Å². The van der Waals surface area contributed by atoms with Gasteiger partial charge in [-0.3, -0.25) is 0 Å². The van der Waals surface area contributed by atoms with Crippen LogP contribution in [-0.2, 0) is 0 Å². The molecule has 1 aromatic carbocycles. The number of rotatable bonds is 1. The minimum absolute atomic E-state index is 0.341. The highest BCUT2D eigenvalue weighted by molar-refractivity contribution is 9.10. The summed E-state index contributed by atoms with van der Waals surface area (Å²) in [5, 5.41) is 9.22. The molecule has 1 aromatic rings. The molecule has 0 spiro atoms. The fourth-order valence-corrected chi connectivity index (χ4v) is 3.57. The van der Waals surface area contributed by atoms with Gasteiger partial charge >= 0.3 is 0 Å². The molecule has 1 heterocycles. The van der Waals surface area contributed by atoms with Gasteiger partial charge in [0.2, 0.25) is 0 Å². The summed E-state index contributed by atoms with van der Waals surface area (Å²) in [7, 11) is 0. The van der Waals surface area contributed by atoms with Gasteiger partial charge in [-0.1, -0.05) is 29.8 Å². The van der Waals surface area contributed by atoms with E-state index < -0.39 is 0 Å². The molecule has 0 amide bonds. The zero-order valence-electron chi connectivity index (χ0n) is 10.7. The fourth-order valence-electron chi connectivity index (χ4n) is 2.12. The van der Waals surface area contributed by atoms with Crippen LogP contribution in [0.1, 0.15) is 25.8 Å². The van der Waals surface area contributed by atoms with Crippen molar-refractivity contribution in [2.45, 2.75) is 25.0 Å². The van der Waals surface area contributed by atoms with Crippen molar-refractivity contribution in [1.29, 1.82) is 5.26 Å². The SMILES string of the molecule is CC1(C)CCN(c2cc(Br)ccc2C#N)CCS1. The molecule has 2 rings (SSSR count). The summed E-state index contributed by atoms with van der Waals surface area (Å²) in [5.41, 5.74) is 1.83. The molecule has 0 aromatic heterocycles. The maximum Gasteiger partial charge on any atom is 0.101 e. The minimum Gasteiger partial charge on any atom is -0.370 e. The third-order valence-corrected chi connectivity index (χ3v) is 5.12. The first-order valence-electron chi connectivity index (χ1n) is 6.10. The molecule has 0 saturated carbocycles. The van der Waals surface area contributed by atoms with E-state index in [4.69, 9.17) is 0 Å². The number of benzene rings is 1. The molecule has 0 aliphatic carbocycles. The maximum absolute atomic E-state index is 9.22. The zero-order chi connectivity index (χ0) is 13.2. The number of nitriles is 1. The molecule has 18 heavy (non-hydrogen) atoms. The van der Waals surface area contributed by atoms with Crippen LogP contribution in [0.4, 0.5) is 5.69 Å². The molecule has 96 valence electrons. The zero-order valence-corrected chi connectivity index (χ0v) is 13.1. The van der Waals surface area contributed by atoms with E-state index >= 15 is 0 Å². The number of nitrogens with zero attached hydrogens (tertiary/aromatic N) is 2. The van der Waals surface area contributed by atoms with Gasteiger partial charge in [0.15, 0.2) is 0 Å². The molecule has 1 fully saturated rings. The van der Waals surface area contributed by atoms with E-state index in [0.717, 1.165) is 41.0 Å². The second-order valence-electron chi connectivity index (χ2n) is 5.12. The molecule has 0 bridgehead atoms. The summed E-state index contributed by atoms with van der Waals surface area (Å²) in [6.07, 6.45) is 1.15. The Morgan fingerprint density at radius 3 is 2.89 bits per heavy atom. The number of thioether (sulfide) groups is 1. The second-order valence-corrected chi connectivity index (χ2v) is 7.84. The van der Waals surface area contributed by atoms with Crippen LogP contribution in [0.25, 0.3) is 0 Å². The Morgan fingerprint density at radius 2 is 2.17 bits per heavy atom. The highest BCUT2D eigenvalue weighted by Gasteiger charge is 2.24. The molecular weight excluding hydrogens is 308 g/mol. The van der Waals surface area contributed by atoms with Crippen molar-refractivity contribution in [2.75, 3.05) is 23.7 Å². The Balaban J connectivity index is 2.26. The Kier molecular flexibility index (Phi) is 4.24. The van der Waals surface area contributed by atoms with Gasteiger partial charge < -0.3 is 4.90 Å². The average molecular weight is 325 g/mol. The summed E-state index contributed by atoms with van der Waals surface area (Å²) in [4.78, 5) is 2.34. The van der Waals surface area contributed by atoms with Gasteiger partial charge in [-0.05, 0) is 24.6 Å². The lowest BCUT2D eigenvalue weighted by Gasteiger charge is -2.25. The molecule has 1 saturated heterocycles. The average Bonchev–Trinajstić information content (AvgIpc) is 2.50. The van der Waals surface area contributed by atoms with Crippen molar-refractivity contribution in [3.63, 3.8) is 0 Å². The largest absolute Gasteiger partial charge is 0.370 e. The van der Waals surface area contributed by atoms with Crippen molar-refractivity contribution in [1.82, 2.24) is 0 Å². The molecule has 0 unspecified atom stereocenters. The molecule has 4 heteroatoms. The first-order chi connectivity index (χ1) is 8.52. The highest BCUT2D eigenvalue weighted by Crippen LogP contribution is 2.33. The summed E-state index contributed by atoms with van der Waals surface area (Å²) >= 11 is 5.51. The lowest BCUT2D eigenvalue weighted by atomic mass is 10.1. The van der Waals surface area contributed by atoms with Gasteiger partial charge in [0, 0.05) is 28.1 Å². The lowest BCUT2D eigenvalue weighted by molar-refractivity contribution is 0.637. The quantitative estimate of drug-likeness (QED) is 0.780. The van der Waals surface area contributed by atoms with E-state index in [-0.39, 0.29) is 0 Å². The van der Waals surface area contributed by atoms with Crippen molar-refractivity contribution >= 4 is 33.4 Å². The standard InChI is InChI=1S/C14H17BrN2S/c1-14(2)5-6-17(7-8-18-14)13-9-12(15)4-3-11(13)10-16/h3-4,9H,5-8H2,1-2H3. The van der Waals surface area contributed by atoms with Crippen LogP contribution in [0.15, 0.2) is 22.7 Å². The van der Waals surface area contributed by atoms with E-state index in [1.54, 1.807) is 0 Å². The summed E-state index contributed by atoms with van der Waals surface area (Å²) < 4.78 is 1.38. The van der Waals surface area contributed by atoms with Crippen molar-refractivity contribution < 1.29 is 0 Å². The maximum atomic E-state index is 9.22. The van der Waals surface area contributed by atoms with E-state index in [1.165, 1.54) is 0 Å². The third-order valence-electron chi connectivity index (χ3n) is 3.26. The van der Waals surface area contributed by atoms with Gasteiger partial charge in [-0.2, -0.15) is 17.0 Å². The second kappa shape index (κ2) is 5.54. The van der Waals surface area contributed by atoms with E-state index in [1.807, 2.05) is 23.9 Å². The lowest BCUT2D eigenvalue weighted by Crippen LogP contribution is -2.27. The van der Waals surface area contributed by atoms with Crippen LogP contribution in [0.3, 0.4) is 0 Å². The number of hydrogen-bond donors (Lipinski definition) is 0. The van der Waals surface area contributed by atoms with Crippen LogP contribution in [0, 0.1) is 11.3 Å². The molecule has 1 aliphatic rings. The number of halogens is 1. The van der Waals surface area contributed by atoms with Gasteiger partial charge in [-0.25, -0.2) is 0 Å². The van der Waals surface area contributed by atoms with Crippen LogP contribution < -0.4 is 4.90 Å². The third kappa shape index (κ3) is 3.21. The topological polar surface area (TPSA) is 27.0 Å². The van der Waals surface area contributed by atoms with Crippen LogP contribution >= 0.6 is 27.7 Å². The number of hydrogen-bond acceptors (Lipinski definition) is 3. The van der Waals surface area contributed by atoms with E-state index in [9.17, 15) is 5.26 Å². The van der Waals surface area contributed by atoms with Crippen LogP contribution in [0.5, 0.6) is 0 Å². The predicted octanol–water partition coefficient (Wildman–Crippen LogP) is 4.04. The van der Waals surface area contributed by atoms with Gasteiger partial charge in [0.05, 0.1) is 11.3 Å². The predicted molar refractivity (Wildman–Crippen MR) is 82.2 cm³/mol. The molecule has 0 radical (unpaired) electrons. The van der Waals surface area contributed by atoms with Gasteiger partial charge in [0.25, 0.3) is 0 Å². The monoisotopic (exact) mass is 324 g/mol. The van der Waals surface area contributed by atoms with Crippen molar-refractivity contribution in [3.05, 3.63) is 28.2 Å². The van der Waals surface area contributed by atoms with Gasteiger partial charge in [0.1, 0.15) is 6.07 Å². The Hall–Kier alpha value is -0.660. The number of anilines is 1. The molecule has 1 aliphatic heterocycles. The van der Waals surface area contributed by atoms with Crippen molar-refractivity contribution in [3.8, 4) is 6.07 Å². The summed E-state index contributed by atoms with van der Waals surface area (Å²) in [6.45, 7) is 6.63. The summed E-state index contributed by atoms with van der Waals surface area (Å²) in [5.74, 6) is 1.12. The molecule has 0 N–H and O–H groups in total. The van der Waals surface area contributed by atoms with E-state index in [2.05, 4.69) is 46.8 Å². The normalized spacial score (nSPS) is 19.1. The Bertz CT molecular complexity index is 479. The molecule has 0 atom stereocenters. The highest BCUT2D eigenvalue weighted by atomic mass is 79.9. The van der Waals surface area contributed by atoms with Crippen molar-refractivity contribution in [2.24, 2.45) is 0 Å². The fraction of sp³-hybridized carbons (Fsp3) is 0.500. The van der Waals surface area contributed by atoms with Gasteiger partial charge in [-0.15, -0.1) is 0 Å². The van der Waals surface area contributed by atoms with Crippen LogP contribution in [0.2, 0.25) is 0 Å². The van der Waals surface area contributed by atoms with Crippen LogP contribution in [-0.4, -0.2) is 23.6 Å². The minimum atomic E-state index is 0.341. The molecular formula is C14H17BrN2S. The smallest absolute Gasteiger partial charge is 0.101 e. The Morgan fingerprint density at radius 1 is 1.39 bits per heavy atom. The first-order valence-corrected chi connectivity index (χ1v) is 7.88. The summed E-state index contributed by atoms with van der Waals surface area (Å²) in [6, 6.07) is 8.17. The molecule has 2 nitrogen and oxygen atoms in total. The Labute approximate surface area is 121 Å². The first kappa shape index (κ1) is 13.8.